The quantitative estimate of drug-likeness (QED) is 0.424. The van der Waals surface area contributed by atoms with Crippen LogP contribution in [-0.4, -0.2) is 25.9 Å². The molecule has 3 rings (SSSR count). The number of anilines is 2. The lowest BCUT2D eigenvalue weighted by Crippen LogP contribution is -2.00. The third-order valence-corrected chi connectivity index (χ3v) is 3.55. The lowest BCUT2D eigenvalue weighted by Gasteiger charge is -2.07. The predicted molar refractivity (Wildman–Crippen MR) is 94.0 cm³/mol. The minimum Gasteiger partial charge on any atom is -0.411 e. The first-order chi connectivity index (χ1) is 11.7. The first-order valence-corrected chi connectivity index (χ1v) is 7.54. The molecule has 0 aliphatic carbocycles. The van der Waals surface area contributed by atoms with E-state index in [4.69, 9.17) is 16.8 Å². The van der Waals surface area contributed by atoms with E-state index in [1.54, 1.807) is 43.6 Å². The lowest BCUT2D eigenvalue weighted by molar-refractivity contribution is 0.319. The molecule has 0 bridgehead atoms. The second-order valence-electron chi connectivity index (χ2n) is 5.02. The fourth-order valence-electron chi connectivity index (χ4n) is 2.11. The summed E-state index contributed by atoms with van der Waals surface area (Å²) in [5.74, 6) is 0.459. The number of rotatable bonds is 4. The van der Waals surface area contributed by atoms with Crippen molar-refractivity contribution < 1.29 is 5.21 Å². The fourth-order valence-corrected chi connectivity index (χ4v) is 2.30. The number of pyridine rings is 1. The van der Waals surface area contributed by atoms with Gasteiger partial charge in [-0.25, -0.2) is 9.97 Å². The van der Waals surface area contributed by atoms with Gasteiger partial charge in [-0.3, -0.25) is 4.98 Å². The van der Waals surface area contributed by atoms with E-state index in [9.17, 15) is 0 Å². The Balaban J connectivity index is 1.91. The highest BCUT2D eigenvalue weighted by Gasteiger charge is 2.06. The van der Waals surface area contributed by atoms with E-state index >= 15 is 0 Å². The van der Waals surface area contributed by atoms with Crippen molar-refractivity contribution in [3.05, 3.63) is 65.6 Å². The van der Waals surface area contributed by atoms with Crippen LogP contribution in [-0.2, 0) is 0 Å². The standard InChI is InChI=1S/C17H14ClN5O/c1-11(23-24)16-9-12(5-7-19-16)15-6-8-20-17(22-15)21-14-4-2-3-13(18)10-14/h2-10,24H,1H3,(H,20,21,22)/b23-11-. The van der Waals surface area contributed by atoms with Crippen molar-refractivity contribution in [1.29, 1.82) is 0 Å². The summed E-state index contributed by atoms with van der Waals surface area (Å²) in [6.45, 7) is 1.68. The summed E-state index contributed by atoms with van der Waals surface area (Å²) < 4.78 is 0. The van der Waals surface area contributed by atoms with Gasteiger partial charge >= 0.3 is 0 Å². The van der Waals surface area contributed by atoms with E-state index in [-0.39, 0.29) is 0 Å². The van der Waals surface area contributed by atoms with Crippen molar-refractivity contribution in [2.24, 2.45) is 5.16 Å². The number of halogens is 1. The third-order valence-electron chi connectivity index (χ3n) is 3.31. The molecule has 1 aromatic carbocycles. The molecular formula is C17H14ClN5O. The Bertz CT molecular complexity index is 897. The zero-order valence-corrected chi connectivity index (χ0v) is 13.6. The van der Waals surface area contributed by atoms with Crippen LogP contribution in [0.2, 0.25) is 5.02 Å². The third kappa shape index (κ3) is 3.67. The van der Waals surface area contributed by atoms with Crippen LogP contribution < -0.4 is 5.32 Å². The van der Waals surface area contributed by atoms with Gasteiger partial charge in [0.1, 0.15) is 5.71 Å². The van der Waals surface area contributed by atoms with Crippen LogP contribution in [0.1, 0.15) is 12.6 Å². The average Bonchev–Trinajstić information content (AvgIpc) is 2.61. The van der Waals surface area contributed by atoms with Gasteiger partial charge in [-0.15, -0.1) is 0 Å². The average molecular weight is 340 g/mol. The molecule has 0 spiro atoms. The SMILES string of the molecule is C/C(=N/O)c1cc(-c2ccnc(Nc3cccc(Cl)c3)n2)ccn1. The summed E-state index contributed by atoms with van der Waals surface area (Å²) in [5, 5.41) is 15.8. The molecule has 0 unspecified atom stereocenters. The number of hydrogen-bond acceptors (Lipinski definition) is 6. The number of nitrogens with zero attached hydrogens (tertiary/aromatic N) is 4. The largest absolute Gasteiger partial charge is 0.411 e. The summed E-state index contributed by atoms with van der Waals surface area (Å²) in [6.07, 6.45) is 3.31. The van der Waals surface area contributed by atoms with Gasteiger partial charge in [-0.2, -0.15) is 0 Å². The number of oxime groups is 1. The maximum Gasteiger partial charge on any atom is 0.227 e. The van der Waals surface area contributed by atoms with E-state index in [2.05, 4.69) is 25.4 Å². The Morgan fingerprint density at radius 1 is 1.12 bits per heavy atom. The molecule has 0 fully saturated rings. The van der Waals surface area contributed by atoms with Crippen LogP contribution in [0.5, 0.6) is 0 Å². The highest BCUT2D eigenvalue weighted by Crippen LogP contribution is 2.21. The number of nitrogens with one attached hydrogen (secondary N) is 1. The van der Waals surface area contributed by atoms with Crippen LogP contribution in [0, 0.1) is 0 Å². The summed E-state index contributed by atoms with van der Waals surface area (Å²) in [5.41, 5.74) is 3.39. The predicted octanol–water partition coefficient (Wildman–Crippen LogP) is 4.13. The first kappa shape index (κ1) is 15.9. The minimum absolute atomic E-state index is 0.434. The summed E-state index contributed by atoms with van der Waals surface area (Å²) in [4.78, 5) is 12.9. The second-order valence-corrected chi connectivity index (χ2v) is 5.45. The Morgan fingerprint density at radius 2 is 1.96 bits per heavy atom. The number of hydrogen-bond donors (Lipinski definition) is 2. The zero-order valence-electron chi connectivity index (χ0n) is 12.8. The van der Waals surface area contributed by atoms with Gasteiger partial charge in [0.2, 0.25) is 5.95 Å². The number of benzene rings is 1. The van der Waals surface area contributed by atoms with Crippen LogP contribution in [0.4, 0.5) is 11.6 Å². The van der Waals surface area contributed by atoms with Gasteiger partial charge in [0.25, 0.3) is 0 Å². The summed E-state index contributed by atoms with van der Waals surface area (Å²) in [6, 6.07) is 12.8. The molecule has 2 heterocycles. The van der Waals surface area contributed by atoms with Crippen molar-refractivity contribution >= 4 is 28.9 Å². The second kappa shape index (κ2) is 7.06. The smallest absolute Gasteiger partial charge is 0.227 e. The van der Waals surface area contributed by atoms with E-state index in [0.717, 1.165) is 16.9 Å². The maximum absolute atomic E-state index is 8.88. The molecule has 0 saturated heterocycles. The zero-order chi connectivity index (χ0) is 16.9. The molecule has 2 N–H and O–H groups in total. The van der Waals surface area contributed by atoms with E-state index in [1.807, 2.05) is 18.2 Å². The van der Waals surface area contributed by atoms with Gasteiger partial charge in [-0.05, 0) is 43.3 Å². The molecule has 120 valence electrons. The Morgan fingerprint density at radius 3 is 2.75 bits per heavy atom. The Labute approximate surface area is 143 Å². The van der Waals surface area contributed by atoms with Crippen LogP contribution in [0.3, 0.4) is 0 Å². The van der Waals surface area contributed by atoms with Crippen LogP contribution in [0.15, 0.2) is 60.0 Å². The van der Waals surface area contributed by atoms with Gasteiger partial charge in [-0.1, -0.05) is 22.8 Å². The van der Waals surface area contributed by atoms with Crippen molar-refractivity contribution in [3.8, 4) is 11.3 Å². The molecular weight excluding hydrogens is 326 g/mol. The molecule has 7 heteroatoms. The van der Waals surface area contributed by atoms with E-state index in [1.165, 1.54) is 0 Å². The molecule has 2 aromatic heterocycles. The number of aromatic nitrogens is 3. The van der Waals surface area contributed by atoms with Gasteiger partial charge in [0, 0.05) is 28.7 Å². The van der Waals surface area contributed by atoms with Crippen LogP contribution in [0.25, 0.3) is 11.3 Å². The Kier molecular flexibility index (Phi) is 4.67. The first-order valence-electron chi connectivity index (χ1n) is 7.17. The van der Waals surface area contributed by atoms with Crippen molar-refractivity contribution in [2.75, 3.05) is 5.32 Å². The lowest BCUT2D eigenvalue weighted by atomic mass is 10.1. The molecule has 0 radical (unpaired) electrons. The van der Waals surface area contributed by atoms with E-state index in [0.29, 0.717) is 22.4 Å². The molecule has 3 aromatic rings. The van der Waals surface area contributed by atoms with Crippen molar-refractivity contribution in [2.45, 2.75) is 6.92 Å². The molecule has 0 amide bonds. The summed E-state index contributed by atoms with van der Waals surface area (Å²) >= 11 is 5.98. The van der Waals surface area contributed by atoms with Crippen molar-refractivity contribution in [3.63, 3.8) is 0 Å². The molecule has 0 aliphatic rings. The molecule has 0 atom stereocenters. The van der Waals surface area contributed by atoms with Crippen molar-refractivity contribution in [1.82, 2.24) is 15.0 Å². The highest BCUT2D eigenvalue weighted by atomic mass is 35.5. The summed E-state index contributed by atoms with van der Waals surface area (Å²) in [7, 11) is 0. The normalized spacial score (nSPS) is 11.3. The maximum atomic E-state index is 8.88. The monoisotopic (exact) mass is 339 g/mol. The fraction of sp³-hybridized carbons (Fsp3) is 0.0588. The van der Waals surface area contributed by atoms with Gasteiger partial charge in [0.15, 0.2) is 0 Å². The minimum atomic E-state index is 0.434. The molecule has 24 heavy (non-hydrogen) atoms. The van der Waals surface area contributed by atoms with E-state index < -0.39 is 0 Å². The van der Waals surface area contributed by atoms with Gasteiger partial charge in [0.05, 0.1) is 11.4 Å². The Hall–Kier alpha value is -2.99. The molecule has 6 nitrogen and oxygen atoms in total. The molecule has 0 saturated carbocycles. The van der Waals surface area contributed by atoms with Crippen LogP contribution >= 0.6 is 11.6 Å². The van der Waals surface area contributed by atoms with Gasteiger partial charge < -0.3 is 10.5 Å². The highest BCUT2D eigenvalue weighted by molar-refractivity contribution is 6.30. The topological polar surface area (TPSA) is 83.3 Å². The molecule has 0 aliphatic heterocycles.